The zero-order valence-electron chi connectivity index (χ0n) is 19.8. The van der Waals surface area contributed by atoms with Crippen molar-refractivity contribution in [2.24, 2.45) is 0 Å². The Labute approximate surface area is 203 Å². The first kappa shape index (κ1) is 25.4. The largest absolute Gasteiger partial charge is 0.456 e. The Bertz CT molecular complexity index is 1000. The Morgan fingerprint density at radius 1 is 0.971 bits per heavy atom. The number of thiophene rings is 1. The highest BCUT2D eigenvalue weighted by Crippen LogP contribution is 2.22. The van der Waals surface area contributed by atoms with Crippen LogP contribution >= 0.6 is 11.3 Å². The van der Waals surface area contributed by atoms with Gasteiger partial charge in [-0.05, 0) is 34.6 Å². The van der Waals surface area contributed by atoms with Gasteiger partial charge in [0.15, 0.2) is 6.61 Å². The van der Waals surface area contributed by atoms with Crippen LogP contribution < -0.4 is 5.32 Å². The zero-order valence-corrected chi connectivity index (χ0v) is 20.7. The Morgan fingerprint density at radius 2 is 1.62 bits per heavy atom. The summed E-state index contributed by atoms with van der Waals surface area (Å²) in [5.74, 6) is -1.14. The molecule has 9 heteroatoms. The molecule has 1 aliphatic rings. The summed E-state index contributed by atoms with van der Waals surface area (Å²) in [4.78, 5) is 53.0. The number of hydrogen-bond donors (Lipinski definition) is 1. The minimum atomic E-state index is -0.553. The van der Waals surface area contributed by atoms with Crippen molar-refractivity contribution in [2.75, 3.05) is 39.3 Å². The second kappa shape index (κ2) is 11.3. The third-order valence-corrected chi connectivity index (χ3v) is 6.49. The molecule has 1 saturated heterocycles. The highest BCUT2D eigenvalue weighted by molar-refractivity contribution is 7.12. The molecule has 1 aromatic heterocycles. The van der Waals surface area contributed by atoms with Gasteiger partial charge in [0.05, 0.1) is 11.3 Å². The molecule has 0 spiro atoms. The van der Waals surface area contributed by atoms with Crippen molar-refractivity contribution in [3.05, 3.63) is 57.8 Å². The lowest BCUT2D eigenvalue weighted by atomic mass is 9.87. The number of ether oxygens (including phenoxy) is 1. The predicted octanol–water partition coefficient (Wildman–Crippen LogP) is 2.69. The number of nitrogens with zero attached hydrogens (tertiary/aromatic N) is 2. The lowest BCUT2D eigenvalue weighted by molar-refractivity contribution is -0.152. The summed E-state index contributed by atoms with van der Waals surface area (Å²) in [6.07, 6.45) is -0.0256. The third kappa shape index (κ3) is 6.90. The van der Waals surface area contributed by atoms with E-state index in [9.17, 15) is 19.2 Å². The second-order valence-corrected chi connectivity index (χ2v) is 10.1. The van der Waals surface area contributed by atoms with Crippen LogP contribution in [0, 0.1) is 0 Å². The summed E-state index contributed by atoms with van der Waals surface area (Å²) in [5, 5.41) is 4.55. The van der Waals surface area contributed by atoms with Gasteiger partial charge in [0.25, 0.3) is 17.7 Å². The second-order valence-electron chi connectivity index (χ2n) is 9.14. The zero-order chi connectivity index (χ0) is 24.7. The molecule has 34 heavy (non-hydrogen) atoms. The molecule has 0 aliphatic carbocycles. The van der Waals surface area contributed by atoms with Gasteiger partial charge in [0, 0.05) is 38.3 Å². The fourth-order valence-electron chi connectivity index (χ4n) is 3.52. The molecule has 0 atom stereocenters. The van der Waals surface area contributed by atoms with Crippen LogP contribution in [0.4, 0.5) is 0 Å². The maximum atomic E-state index is 12.4. The van der Waals surface area contributed by atoms with E-state index in [1.807, 2.05) is 23.6 Å². The maximum Gasteiger partial charge on any atom is 0.308 e. The standard InChI is InChI=1S/C25H31N3O5S/c1-25(2,3)19-8-6-18(7-9-19)23(31)26-11-10-22(30)33-17-21(29)27-12-14-28(15-13-27)24(32)20-5-4-16-34-20/h4-9,16H,10-15,17H2,1-3H3,(H,26,31). The number of carbonyl (C=O) groups excluding carboxylic acids is 4. The molecular weight excluding hydrogens is 454 g/mol. The summed E-state index contributed by atoms with van der Waals surface area (Å²) in [5.41, 5.74) is 1.66. The van der Waals surface area contributed by atoms with E-state index in [0.29, 0.717) is 36.6 Å². The van der Waals surface area contributed by atoms with Gasteiger partial charge in [0.1, 0.15) is 0 Å². The van der Waals surface area contributed by atoms with E-state index in [0.717, 1.165) is 5.56 Å². The maximum absolute atomic E-state index is 12.4. The molecule has 0 saturated carbocycles. The normalized spacial score (nSPS) is 14.0. The first-order valence-corrected chi connectivity index (χ1v) is 12.2. The van der Waals surface area contributed by atoms with E-state index in [4.69, 9.17) is 4.74 Å². The number of nitrogens with one attached hydrogen (secondary N) is 1. The van der Waals surface area contributed by atoms with Gasteiger partial charge in [-0.2, -0.15) is 0 Å². The van der Waals surface area contributed by atoms with Crippen molar-refractivity contribution in [3.63, 3.8) is 0 Å². The molecule has 1 aliphatic heterocycles. The minimum Gasteiger partial charge on any atom is -0.456 e. The Morgan fingerprint density at radius 3 is 2.21 bits per heavy atom. The summed E-state index contributed by atoms with van der Waals surface area (Å²) >= 11 is 1.40. The molecule has 182 valence electrons. The van der Waals surface area contributed by atoms with E-state index in [1.165, 1.54) is 11.3 Å². The van der Waals surface area contributed by atoms with Crippen molar-refractivity contribution < 1.29 is 23.9 Å². The molecule has 1 N–H and O–H groups in total. The highest BCUT2D eigenvalue weighted by Gasteiger charge is 2.25. The van der Waals surface area contributed by atoms with E-state index in [-0.39, 0.29) is 42.7 Å². The first-order valence-electron chi connectivity index (χ1n) is 11.3. The fourth-order valence-corrected chi connectivity index (χ4v) is 4.21. The lowest BCUT2D eigenvalue weighted by Gasteiger charge is -2.34. The summed E-state index contributed by atoms with van der Waals surface area (Å²) in [6, 6.07) is 11.0. The van der Waals surface area contributed by atoms with Gasteiger partial charge in [-0.25, -0.2) is 0 Å². The van der Waals surface area contributed by atoms with Crippen LogP contribution in [0.5, 0.6) is 0 Å². The molecule has 2 heterocycles. The molecule has 3 rings (SSSR count). The van der Waals surface area contributed by atoms with Gasteiger partial charge in [-0.1, -0.05) is 39.0 Å². The fraction of sp³-hybridized carbons (Fsp3) is 0.440. The monoisotopic (exact) mass is 485 g/mol. The van der Waals surface area contributed by atoms with Crippen LogP contribution in [0.25, 0.3) is 0 Å². The van der Waals surface area contributed by atoms with E-state index in [1.54, 1.807) is 28.0 Å². The Balaban J connectivity index is 1.33. The topological polar surface area (TPSA) is 96.0 Å². The lowest BCUT2D eigenvalue weighted by Crippen LogP contribution is -2.51. The average molecular weight is 486 g/mol. The number of piperazine rings is 1. The van der Waals surface area contributed by atoms with E-state index >= 15 is 0 Å². The number of esters is 1. The van der Waals surface area contributed by atoms with Gasteiger partial charge in [-0.3, -0.25) is 19.2 Å². The van der Waals surface area contributed by atoms with Crippen LogP contribution in [-0.4, -0.2) is 72.8 Å². The van der Waals surface area contributed by atoms with Crippen LogP contribution in [0.1, 0.15) is 52.8 Å². The molecule has 0 unspecified atom stereocenters. The quantitative estimate of drug-likeness (QED) is 0.609. The molecule has 2 aromatic rings. The number of rotatable bonds is 7. The van der Waals surface area contributed by atoms with Crippen LogP contribution in [-0.2, 0) is 19.7 Å². The molecule has 1 fully saturated rings. The molecular formula is C25H31N3O5S. The molecule has 1 aromatic carbocycles. The summed E-state index contributed by atoms with van der Waals surface area (Å²) in [7, 11) is 0. The number of carbonyl (C=O) groups is 4. The van der Waals surface area contributed by atoms with Gasteiger partial charge >= 0.3 is 5.97 Å². The van der Waals surface area contributed by atoms with Gasteiger partial charge < -0.3 is 19.9 Å². The number of hydrogen-bond acceptors (Lipinski definition) is 6. The van der Waals surface area contributed by atoms with Crippen molar-refractivity contribution in [1.29, 1.82) is 0 Å². The van der Waals surface area contributed by atoms with E-state index < -0.39 is 5.97 Å². The number of amides is 3. The Kier molecular flexibility index (Phi) is 8.44. The molecule has 0 bridgehead atoms. The summed E-state index contributed by atoms with van der Waals surface area (Å²) < 4.78 is 5.07. The Hall–Kier alpha value is -3.20. The molecule has 8 nitrogen and oxygen atoms in total. The summed E-state index contributed by atoms with van der Waals surface area (Å²) in [6.45, 7) is 7.77. The van der Waals surface area contributed by atoms with Gasteiger partial charge in [-0.15, -0.1) is 11.3 Å². The number of benzene rings is 1. The first-order chi connectivity index (χ1) is 16.1. The minimum absolute atomic E-state index is 0.00531. The van der Waals surface area contributed by atoms with Crippen molar-refractivity contribution in [2.45, 2.75) is 32.6 Å². The highest BCUT2D eigenvalue weighted by atomic mass is 32.1. The predicted molar refractivity (Wildman–Crippen MR) is 130 cm³/mol. The SMILES string of the molecule is CC(C)(C)c1ccc(C(=O)NCCC(=O)OCC(=O)N2CCN(C(=O)c3cccs3)CC2)cc1. The van der Waals surface area contributed by atoms with Crippen LogP contribution in [0.2, 0.25) is 0 Å². The van der Waals surface area contributed by atoms with E-state index in [2.05, 4.69) is 26.1 Å². The average Bonchev–Trinajstić information content (AvgIpc) is 3.36. The molecule has 0 radical (unpaired) electrons. The van der Waals surface area contributed by atoms with Gasteiger partial charge in [0.2, 0.25) is 0 Å². The van der Waals surface area contributed by atoms with Crippen molar-refractivity contribution in [1.82, 2.24) is 15.1 Å². The molecule has 3 amide bonds. The van der Waals surface area contributed by atoms with Crippen LogP contribution in [0.15, 0.2) is 41.8 Å². The third-order valence-electron chi connectivity index (χ3n) is 5.64. The van der Waals surface area contributed by atoms with Crippen LogP contribution in [0.3, 0.4) is 0 Å². The smallest absolute Gasteiger partial charge is 0.308 e. The van der Waals surface area contributed by atoms with Crippen molar-refractivity contribution in [3.8, 4) is 0 Å². The van der Waals surface area contributed by atoms with Crippen molar-refractivity contribution >= 4 is 35.0 Å².